The average molecular weight is 342 g/mol. The summed E-state index contributed by atoms with van der Waals surface area (Å²) in [5.74, 6) is 0.651. The molecule has 128 valence electrons. The zero-order valence-electron chi connectivity index (χ0n) is 13.6. The molecule has 0 radical (unpaired) electrons. The first kappa shape index (κ1) is 23.2. The standard InChI is InChI=1S/C15H31N3O.2ClH/c1-4-18(5-2)11-13-8-6-7-9-14(13)17-15(19)12(3)10-16;;/h12-14H,4-11,16H2,1-3H3,(H,17,19);2*1H. The second-order valence-electron chi connectivity index (χ2n) is 5.78. The number of amides is 1. The highest BCUT2D eigenvalue weighted by atomic mass is 35.5. The van der Waals surface area contributed by atoms with Crippen LogP contribution in [0.5, 0.6) is 0 Å². The van der Waals surface area contributed by atoms with Crippen LogP contribution in [-0.2, 0) is 4.79 Å². The Kier molecular flexibility index (Phi) is 13.8. The summed E-state index contributed by atoms with van der Waals surface area (Å²) in [5.41, 5.74) is 5.57. The highest BCUT2D eigenvalue weighted by Crippen LogP contribution is 2.25. The molecule has 1 amide bonds. The van der Waals surface area contributed by atoms with Crippen molar-refractivity contribution in [2.75, 3.05) is 26.2 Å². The van der Waals surface area contributed by atoms with Crippen molar-refractivity contribution in [1.82, 2.24) is 10.2 Å². The minimum atomic E-state index is -0.0731. The van der Waals surface area contributed by atoms with Crippen molar-refractivity contribution in [3.05, 3.63) is 0 Å². The molecule has 0 aromatic rings. The molecule has 6 heteroatoms. The van der Waals surface area contributed by atoms with Gasteiger partial charge in [0.2, 0.25) is 5.91 Å². The topological polar surface area (TPSA) is 58.4 Å². The van der Waals surface area contributed by atoms with E-state index in [1.165, 1.54) is 19.3 Å². The number of nitrogens with zero attached hydrogens (tertiary/aromatic N) is 1. The molecule has 21 heavy (non-hydrogen) atoms. The fraction of sp³-hybridized carbons (Fsp3) is 0.933. The largest absolute Gasteiger partial charge is 0.353 e. The quantitative estimate of drug-likeness (QED) is 0.747. The van der Waals surface area contributed by atoms with Gasteiger partial charge in [0.1, 0.15) is 0 Å². The molecular formula is C15H33Cl2N3O. The van der Waals surface area contributed by atoms with Crippen molar-refractivity contribution in [2.24, 2.45) is 17.6 Å². The molecule has 0 spiro atoms. The summed E-state index contributed by atoms with van der Waals surface area (Å²) in [6.45, 7) is 10.0. The zero-order valence-corrected chi connectivity index (χ0v) is 15.3. The highest BCUT2D eigenvalue weighted by Gasteiger charge is 2.28. The van der Waals surface area contributed by atoms with Gasteiger partial charge >= 0.3 is 0 Å². The van der Waals surface area contributed by atoms with E-state index < -0.39 is 0 Å². The number of hydrogen-bond donors (Lipinski definition) is 2. The smallest absolute Gasteiger partial charge is 0.224 e. The van der Waals surface area contributed by atoms with Crippen LogP contribution in [-0.4, -0.2) is 43.0 Å². The molecule has 1 aliphatic carbocycles. The summed E-state index contributed by atoms with van der Waals surface area (Å²) in [5, 5.41) is 3.23. The summed E-state index contributed by atoms with van der Waals surface area (Å²) in [7, 11) is 0. The molecule has 0 bridgehead atoms. The van der Waals surface area contributed by atoms with Gasteiger partial charge in [-0.05, 0) is 31.8 Å². The van der Waals surface area contributed by atoms with Crippen LogP contribution >= 0.6 is 24.8 Å². The first-order valence-electron chi connectivity index (χ1n) is 7.85. The van der Waals surface area contributed by atoms with Gasteiger partial charge < -0.3 is 16.0 Å². The SMILES string of the molecule is CCN(CC)CC1CCCCC1NC(=O)C(C)CN.Cl.Cl. The number of carbonyl (C=O) groups excluding carboxylic acids is 1. The molecule has 3 atom stereocenters. The third-order valence-electron chi connectivity index (χ3n) is 4.43. The second-order valence-corrected chi connectivity index (χ2v) is 5.78. The molecule has 3 unspecified atom stereocenters. The normalized spacial score (nSPS) is 22.9. The van der Waals surface area contributed by atoms with Crippen LogP contribution in [0, 0.1) is 11.8 Å². The monoisotopic (exact) mass is 341 g/mol. The lowest BCUT2D eigenvalue weighted by Gasteiger charge is -2.36. The first-order chi connectivity index (χ1) is 9.12. The molecular weight excluding hydrogens is 309 g/mol. The van der Waals surface area contributed by atoms with Crippen LogP contribution in [0.4, 0.5) is 0 Å². The van der Waals surface area contributed by atoms with E-state index >= 15 is 0 Å². The predicted octanol–water partition coefficient (Wildman–Crippen LogP) is 2.44. The van der Waals surface area contributed by atoms with E-state index in [2.05, 4.69) is 24.1 Å². The summed E-state index contributed by atoms with van der Waals surface area (Å²) < 4.78 is 0. The van der Waals surface area contributed by atoms with Crippen LogP contribution in [0.3, 0.4) is 0 Å². The molecule has 0 aromatic carbocycles. The molecule has 4 nitrogen and oxygen atoms in total. The molecule has 0 heterocycles. The van der Waals surface area contributed by atoms with Crippen molar-refractivity contribution in [2.45, 2.75) is 52.5 Å². The van der Waals surface area contributed by atoms with Crippen molar-refractivity contribution in [1.29, 1.82) is 0 Å². The van der Waals surface area contributed by atoms with Crippen molar-refractivity contribution in [3.8, 4) is 0 Å². The van der Waals surface area contributed by atoms with Crippen LogP contribution in [0.25, 0.3) is 0 Å². The number of halogens is 2. The van der Waals surface area contributed by atoms with Crippen molar-refractivity contribution >= 4 is 30.7 Å². The highest BCUT2D eigenvalue weighted by molar-refractivity contribution is 5.85. The maximum absolute atomic E-state index is 12.0. The minimum absolute atomic E-state index is 0. The number of nitrogens with two attached hydrogens (primary N) is 1. The lowest BCUT2D eigenvalue weighted by Crippen LogP contribution is -2.48. The Morgan fingerprint density at radius 3 is 2.33 bits per heavy atom. The second kappa shape index (κ2) is 12.5. The van der Waals surface area contributed by atoms with Crippen LogP contribution in [0.2, 0.25) is 0 Å². The molecule has 0 aromatic heterocycles. The van der Waals surface area contributed by atoms with Crippen LogP contribution in [0.15, 0.2) is 0 Å². The van der Waals surface area contributed by atoms with E-state index in [9.17, 15) is 4.79 Å². The maximum Gasteiger partial charge on any atom is 0.224 e. The molecule has 1 aliphatic rings. The Hall–Kier alpha value is -0.0300. The van der Waals surface area contributed by atoms with Gasteiger partial charge in [-0.1, -0.05) is 33.6 Å². The zero-order chi connectivity index (χ0) is 14.3. The summed E-state index contributed by atoms with van der Waals surface area (Å²) >= 11 is 0. The minimum Gasteiger partial charge on any atom is -0.353 e. The molecule has 3 N–H and O–H groups in total. The van der Waals surface area contributed by atoms with E-state index in [4.69, 9.17) is 5.73 Å². The van der Waals surface area contributed by atoms with Gasteiger partial charge in [0.05, 0.1) is 0 Å². The van der Waals surface area contributed by atoms with E-state index in [1.807, 2.05) is 6.92 Å². The summed E-state index contributed by atoms with van der Waals surface area (Å²) in [4.78, 5) is 14.5. The Balaban J connectivity index is 0. The maximum atomic E-state index is 12.0. The Morgan fingerprint density at radius 2 is 1.81 bits per heavy atom. The first-order valence-corrected chi connectivity index (χ1v) is 7.85. The third-order valence-corrected chi connectivity index (χ3v) is 4.43. The lowest BCUT2D eigenvalue weighted by atomic mass is 9.83. The molecule has 0 aliphatic heterocycles. The van der Waals surface area contributed by atoms with Gasteiger partial charge in [0, 0.05) is 25.0 Å². The molecule has 0 saturated heterocycles. The third kappa shape index (κ3) is 7.68. The number of nitrogens with one attached hydrogen (secondary N) is 1. The fourth-order valence-corrected chi connectivity index (χ4v) is 2.86. The van der Waals surface area contributed by atoms with Crippen molar-refractivity contribution < 1.29 is 4.79 Å². The van der Waals surface area contributed by atoms with Crippen molar-refractivity contribution in [3.63, 3.8) is 0 Å². The number of hydrogen-bond acceptors (Lipinski definition) is 3. The molecule has 1 saturated carbocycles. The average Bonchev–Trinajstić information content (AvgIpc) is 2.45. The van der Waals surface area contributed by atoms with Gasteiger partial charge in [0.25, 0.3) is 0 Å². The Labute approximate surface area is 142 Å². The van der Waals surface area contributed by atoms with Gasteiger partial charge in [-0.25, -0.2) is 0 Å². The van der Waals surface area contributed by atoms with E-state index in [1.54, 1.807) is 0 Å². The van der Waals surface area contributed by atoms with E-state index in [0.29, 0.717) is 18.5 Å². The summed E-state index contributed by atoms with van der Waals surface area (Å²) in [6.07, 6.45) is 4.88. The van der Waals surface area contributed by atoms with Gasteiger partial charge in [0.15, 0.2) is 0 Å². The van der Waals surface area contributed by atoms with Gasteiger partial charge in [-0.3, -0.25) is 4.79 Å². The van der Waals surface area contributed by atoms with Crippen LogP contribution in [0.1, 0.15) is 46.5 Å². The molecule has 1 rings (SSSR count). The predicted molar refractivity (Wildman–Crippen MR) is 94.4 cm³/mol. The van der Waals surface area contributed by atoms with Gasteiger partial charge in [-0.2, -0.15) is 0 Å². The summed E-state index contributed by atoms with van der Waals surface area (Å²) in [6, 6.07) is 0.343. The Morgan fingerprint density at radius 1 is 1.24 bits per heavy atom. The van der Waals surface area contributed by atoms with Gasteiger partial charge in [-0.15, -0.1) is 24.8 Å². The van der Waals surface area contributed by atoms with E-state index in [-0.39, 0.29) is 36.6 Å². The number of carbonyl (C=O) groups is 1. The van der Waals surface area contributed by atoms with Crippen LogP contribution < -0.4 is 11.1 Å². The number of rotatable bonds is 7. The lowest BCUT2D eigenvalue weighted by molar-refractivity contribution is -0.125. The fourth-order valence-electron chi connectivity index (χ4n) is 2.86. The van der Waals surface area contributed by atoms with E-state index in [0.717, 1.165) is 26.1 Å². The Bertz CT molecular complexity index is 276. The molecule has 1 fully saturated rings.